The third kappa shape index (κ3) is 4.77. The Kier molecular flexibility index (Phi) is 6.36. The van der Waals surface area contributed by atoms with Gasteiger partial charge in [0.15, 0.2) is 0 Å². The number of halogens is 2. The van der Waals surface area contributed by atoms with Crippen LogP contribution in [-0.2, 0) is 6.42 Å². The summed E-state index contributed by atoms with van der Waals surface area (Å²) >= 11 is 11.5. The Hall–Kier alpha value is -0.550. The van der Waals surface area contributed by atoms with Gasteiger partial charge in [-0.2, -0.15) is 0 Å². The fraction of sp³-hybridized carbons (Fsp3) is 0.267. The van der Waals surface area contributed by atoms with Gasteiger partial charge in [-0.1, -0.05) is 33.6 Å². The molecule has 0 saturated carbocycles. The van der Waals surface area contributed by atoms with Crippen LogP contribution < -0.4 is 5.32 Å². The Morgan fingerprint density at radius 2 is 2.25 bits per heavy atom. The van der Waals surface area contributed by atoms with Crippen LogP contribution in [0.2, 0.25) is 5.02 Å². The molecule has 2 nitrogen and oxygen atoms in total. The average Bonchev–Trinajstić information content (AvgIpc) is 2.45. The molecule has 1 aromatic carbocycles. The maximum Gasteiger partial charge on any atom is 0.0621 e. The first kappa shape index (κ1) is 15.8. The Labute approximate surface area is 137 Å². The molecule has 2 rings (SSSR count). The fourth-order valence-corrected chi connectivity index (χ4v) is 3.64. The molecule has 0 aliphatic rings. The molecule has 0 bridgehead atoms. The molecule has 5 heteroatoms. The summed E-state index contributed by atoms with van der Waals surface area (Å²) in [6.07, 6.45) is 4.39. The lowest BCUT2D eigenvalue weighted by Gasteiger charge is -2.16. The summed E-state index contributed by atoms with van der Waals surface area (Å²) in [5.41, 5.74) is 1.14. The number of nitrogens with zero attached hydrogens (tertiary/aromatic N) is 1. The SMILES string of the molecule is CNC(CSc1cccc(Br)c1)Cc1ccncc1Cl. The molecule has 0 amide bonds. The van der Waals surface area contributed by atoms with E-state index in [2.05, 4.69) is 44.4 Å². The minimum Gasteiger partial charge on any atom is -0.316 e. The number of likely N-dealkylation sites (N-methyl/N-ethyl adjacent to an activating group) is 1. The summed E-state index contributed by atoms with van der Waals surface area (Å²) in [6, 6.07) is 10.7. The second-order valence-corrected chi connectivity index (χ2v) is 6.84. The molecule has 20 heavy (non-hydrogen) atoms. The Balaban J connectivity index is 1.94. The van der Waals surface area contributed by atoms with Gasteiger partial charge < -0.3 is 5.32 Å². The van der Waals surface area contributed by atoms with E-state index in [0.29, 0.717) is 6.04 Å². The lowest BCUT2D eigenvalue weighted by atomic mass is 10.1. The van der Waals surface area contributed by atoms with Crippen molar-refractivity contribution in [2.75, 3.05) is 12.8 Å². The number of rotatable bonds is 6. The quantitative estimate of drug-likeness (QED) is 0.761. The zero-order valence-corrected chi connectivity index (χ0v) is 14.3. The molecule has 1 N–H and O–H groups in total. The highest BCUT2D eigenvalue weighted by Crippen LogP contribution is 2.24. The van der Waals surface area contributed by atoms with E-state index in [4.69, 9.17) is 11.6 Å². The number of hydrogen-bond acceptors (Lipinski definition) is 3. The second kappa shape index (κ2) is 8.03. The third-order valence-corrected chi connectivity index (χ3v) is 4.97. The molecule has 0 aliphatic carbocycles. The third-order valence-electron chi connectivity index (χ3n) is 2.98. The smallest absolute Gasteiger partial charge is 0.0621 e. The van der Waals surface area contributed by atoms with Crippen molar-refractivity contribution in [2.24, 2.45) is 0 Å². The first-order chi connectivity index (χ1) is 9.69. The highest BCUT2D eigenvalue weighted by atomic mass is 79.9. The zero-order chi connectivity index (χ0) is 14.4. The number of benzene rings is 1. The number of nitrogens with one attached hydrogen (secondary N) is 1. The molecule has 1 heterocycles. The van der Waals surface area contributed by atoms with Gasteiger partial charge in [-0.3, -0.25) is 4.98 Å². The lowest BCUT2D eigenvalue weighted by Crippen LogP contribution is -2.30. The number of pyridine rings is 1. The highest BCUT2D eigenvalue weighted by Gasteiger charge is 2.10. The molecular formula is C15H16BrClN2S. The molecule has 1 atom stereocenters. The summed E-state index contributed by atoms with van der Waals surface area (Å²) in [4.78, 5) is 5.28. The van der Waals surface area contributed by atoms with Gasteiger partial charge in [0.2, 0.25) is 0 Å². The predicted octanol–water partition coefficient (Wildman–Crippen LogP) is 4.42. The van der Waals surface area contributed by atoms with Gasteiger partial charge in [0.25, 0.3) is 0 Å². The topological polar surface area (TPSA) is 24.9 Å². The van der Waals surface area contributed by atoms with Crippen molar-refractivity contribution in [1.82, 2.24) is 10.3 Å². The van der Waals surface area contributed by atoms with Gasteiger partial charge in [0.05, 0.1) is 5.02 Å². The normalized spacial score (nSPS) is 12.3. The summed E-state index contributed by atoms with van der Waals surface area (Å²) in [6.45, 7) is 0. The molecule has 1 unspecified atom stereocenters. The molecular weight excluding hydrogens is 356 g/mol. The van der Waals surface area contributed by atoms with Crippen LogP contribution in [0.15, 0.2) is 52.1 Å². The molecule has 0 radical (unpaired) electrons. The zero-order valence-electron chi connectivity index (χ0n) is 11.1. The Morgan fingerprint density at radius 1 is 1.40 bits per heavy atom. The van der Waals surface area contributed by atoms with Crippen LogP contribution in [0.1, 0.15) is 5.56 Å². The van der Waals surface area contributed by atoms with E-state index in [1.807, 2.05) is 30.9 Å². The maximum atomic E-state index is 6.16. The van der Waals surface area contributed by atoms with Gasteiger partial charge in [0.1, 0.15) is 0 Å². The van der Waals surface area contributed by atoms with E-state index >= 15 is 0 Å². The van der Waals surface area contributed by atoms with E-state index in [-0.39, 0.29) is 0 Å². The summed E-state index contributed by atoms with van der Waals surface area (Å²) < 4.78 is 1.11. The van der Waals surface area contributed by atoms with E-state index in [1.54, 1.807) is 12.4 Å². The van der Waals surface area contributed by atoms with Crippen molar-refractivity contribution < 1.29 is 0 Å². The van der Waals surface area contributed by atoms with Gasteiger partial charge in [0, 0.05) is 33.6 Å². The summed E-state index contributed by atoms with van der Waals surface area (Å²) in [5.74, 6) is 0.992. The van der Waals surface area contributed by atoms with Crippen LogP contribution in [0.3, 0.4) is 0 Å². The van der Waals surface area contributed by atoms with Crippen LogP contribution >= 0.6 is 39.3 Å². The lowest BCUT2D eigenvalue weighted by molar-refractivity contribution is 0.617. The minimum atomic E-state index is 0.374. The first-order valence-electron chi connectivity index (χ1n) is 6.33. The molecule has 1 aromatic heterocycles. The van der Waals surface area contributed by atoms with Crippen molar-refractivity contribution in [1.29, 1.82) is 0 Å². The molecule has 106 valence electrons. The van der Waals surface area contributed by atoms with E-state index in [0.717, 1.165) is 27.2 Å². The molecule has 0 saturated heterocycles. The Morgan fingerprint density at radius 3 is 2.95 bits per heavy atom. The monoisotopic (exact) mass is 370 g/mol. The van der Waals surface area contributed by atoms with Crippen molar-refractivity contribution in [2.45, 2.75) is 17.4 Å². The fourth-order valence-electron chi connectivity index (χ4n) is 1.83. The van der Waals surface area contributed by atoms with Crippen LogP contribution in [0.5, 0.6) is 0 Å². The standard InChI is InChI=1S/C15H16BrClN2S/c1-18-13(7-11-5-6-19-9-15(11)17)10-20-14-4-2-3-12(16)8-14/h2-6,8-9,13,18H,7,10H2,1H3. The van der Waals surface area contributed by atoms with Gasteiger partial charge >= 0.3 is 0 Å². The van der Waals surface area contributed by atoms with Gasteiger partial charge in [-0.25, -0.2) is 0 Å². The highest BCUT2D eigenvalue weighted by molar-refractivity contribution is 9.10. The van der Waals surface area contributed by atoms with Gasteiger partial charge in [-0.15, -0.1) is 11.8 Å². The largest absolute Gasteiger partial charge is 0.316 e. The van der Waals surface area contributed by atoms with E-state index in [9.17, 15) is 0 Å². The van der Waals surface area contributed by atoms with Crippen molar-refractivity contribution in [3.8, 4) is 0 Å². The summed E-state index contributed by atoms with van der Waals surface area (Å²) in [5, 5.41) is 4.09. The van der Waals surface area contributed by atoms with Crippen molar-refractivity contribution >= 4 is 39.3 Å². The van der Waals surface area contributed by atoms with Crippen LogP contribution in [0.4, 0.5) is 0 Å². The van der Waals surface area contributed by atoms with E-state index < -0.39 is 0 Å². The maximum absolute atomic E-state index is 6.16. The molecule has 2 aromatic rings. The predicted molar refractivity (Wildman–Crippen MR) is 90.7 cm³/mol. The second-order valence-electron chi connectivity index (χ2n) is 4.43. The van der Waals surface area contributed by atoms with Crippen LogP contribution in [0, 0.1) is 0 Å². The van der Waals surface area contributed by atoms with Crippen molar-refractivity contribution in [3.63, 3.8) is 0 Å². The molecule has 0 fully saturated rings. The Bertz CT molecular complexity index is 565. The first-order valence-corrected chi connectivity index (χ1v) is 8.48. The average molecular weight is 372 g/mol. The minimum absolute atomic E-state index is 0.374. The summed E-state index contributed by atoms with van der Waals surface area (Å²) in [7, 11) is 1.99. The number of thioether (sulfide) groups is 1. The number of hydrogen-bond donors (Lipinski definition) is 1. The molecule has 0 aliphatic heterocycles. The van der Waals surface area contributed by atoms with Crippen LogP contribution in [0.25, 0.3) is 0 Å². The van der Waals surface area contributed by atoms with Crippen molar-refractivity contribution in [3.05, 3.63) is 57.8 Å². The number of aromatic nitrogens is 1. The van der Waals surface area contributed by atoms with E-state index in [1.165, 1.54) is 4.90 Å². The van der Waals surface area contributed by atoms with Gasteiger partial charge in [-0.05, 0) is 43.3 Å². The van der Waals surface area contributed by atoms with Crippen LogP contribution in [-0.4, -0.2) is 23.8 Å². The molecule has 0 spiro atoms.